The molecule has 0 saturated heterocycles. The van der Waals surface area contributed by atoms with E-state index in [1.807, 2.05) is 0 Å². The van der Waals surface area contributed by atoms with Crippen molar-refractivity contribution in [2.45, 2.75) is 153 Å². The third-order valence-corrected chi connectivity index (χ3v) is 7.36. The maximum Gasteiger partial charge on any atom is 0.00696 e. The first-order valence-corrected chi connectivity index (χ1v) is 12.4. The summed E-state index contributed by atoms with van der Waals surface area (Å²) in [7, 11) is 0. The zero-order chi connectivity index (χ0) is 17.9. The Labute approximate surface area is 183 Å². The van der Waals surface area contributed by atoms with Crippen molar-refractivity contribution < 1.29 is 20.4 Å². The summed E-state index contributed by atoms with van der Waals surface area (Å²) in [4.78, 5) is 0. The molecule has 0 heterocycles. The Morgan fingerprint density at radius 1 is 0.296 bits per heavy atom. The van der Waals surface area contributed by atoms with Gasteiger partial charge in [0.05, 0.1) is 0 Å². The number of hydrogen-bond donors (Lipinski definition) is 2. The van der Waals surface area contributed by atoms with Crippen molar-refractivity contribution in [1.29, 1.82) is 0 Å². The SMILES string of the molecule is C1CCC(NC2CCCCC2)CC1.C1CCC(NC2CCCCC2)CC1.[Pd]. The van der Waals surface area contributed by atoms with Crippen molar-refractivity contribution in [3.8, 4) is 0 Å². The van der Waals surface area contributed by atoms with E-state index in [-0.39, 0.29) is 20.4 Å². The van der Waals surface area contributed by atoms with Gasteiger partial charge in [0.25, 0.3) is 0 Å². The molecule has 0 unspecified atom stereocenters. The second-order valence-electron chi connectivity index (χ2n) is 9.67. The number of nitrogens with one attached hydrogen (secondary N) is 2. The van der Waals surface area contributed by atoms with Gasteiger partial charge in [-0.25, -0.2) is 0 Å². The van der Waals surface area contributed by atoms with E-state index in [1.54, 1.807) is 0 Å². The molecule has 0 amide bonds. The van der Waals surface area contributed by atoms with Crippen LogP contribution in [0.3, 0.4) is 0 Å². The molecule has 0 aromatic heterocycles. The molecule has 4 aliphatic carbocycles. The summed E-state index contributed by atoms with van der Waals surface area (Å²) in [6.45, 7) is 0. The Morgan fingerprint density at radius 2 is 0.481 bits per heavy atom. The van der Waals surface area contributed by atoms with E-state index in [0.717, 1.165) is 24.2 Å². The van der Waals surface area contributed by atoms with E-state index in [9.17, 15) is 0 Å². The number of hydrogen-bond acceptors (Lipinski definition) is 2. The van der Waals surface area contributed by atoms with Crippen LogP contribution in [0.15, 0.2) is 0 Å². The largest absolute Gasteiger partial charge is 0.311 e. The average molecular weight is 469 g/mol. The van der Waals surface area contributed by atoms with Crippen LogP contribution in [0.2, 0.25) is 0 Å². The first-order valence-electron chi connectivity index (χ1n) is 12.4. The topological polar surface area (TPSA) is 24.1 Å². The van der Waals surface area contributed by atoms with E-state index in [1.165, 1.54) is 128 Å². The Balaban J connectivity index is 0.000000187. The molecule has 0 aliphatic heterocycles. The van der Waals surface area contributed by atoms with E-state index in [2.05, 4.69) is 10.6 Å². The van der Waals surface area contributed by atoms with E-state index < -0.39 is 0 Å². The van der Waals surface area contributed by atoms with Crippen molar-refractivity contribution in [1.82, 2.24) is 10.6 Å². The molecular formula is C24H46N2Pd. The third-order valence-electron chi connectivity index (χ3n) is 7.36. The zero-order valence-corrected chi connectivity index (χ0v) is 19.3. The van der Waals surface area contributed by atoms with Crippen LogP contribution in [0.5, 0.6) is 0 Å². The van der Waals surface area contributed by atoms with Gasteiger partial charge in [0.2, 0.25) is 0 Å². The van der Waals surface area contributed by atoms with Gasteiger partial charge in [0.1, 0.15) is 0 Å². The van der Waals surface area contributed by atoms with Gasteiger partial charge < -0.3 is 10.6 Å². The summed E-state index contributed by atoms with van der Waals surface area (Å²) in [6.07, 6.45) is 29.1. The van der Waals surface area contributed by atoms with Gasteiger partial charge in [0, 0.05) is 44.6 Å². The van der Waals surface area contributed by atoms with Crippen LogP contribution < -0.4 is 10.6 Å². The molecule has 0 bridgehead atoms. The molecule has 3 heteroatoms. The standard InChI is InChI=1S/2C12H23N.Pd/c2*1-3-7-11(8-4-1)13-12-9-5-2-6-10-12;/h2*11-13H,1-10H2;. The Bertz CT molecular complexity index is 272. The predicted octanol–water partition coefficient (Wildman–Crippen LogP) is 6.48. The molecule has 4 fully saturated rings. The van der Waals surface area contributed by atoms with Crippen LogP contribution in [0.25, 0.3) is 0 Å². The van der Waals surface area contributed by atoms with Gasteiger partial charge in [-0.05, 0) is 51.4 Å². The monoisotopic (exact) mass is 468 g/mol. The molecule has 4 rings (SSSR count). The molecule has 0 aromatic carbocycles. The second kappa shape index (κ2) is 14.5. The minimum absolute atomic E-state index is 0. The van der Waals surface area contributed by atoms with Gasteiger partial charge in [-0.2, -0.15) is 0 Å². The maximum atomic E-state index is 3.86. The molecule has 4 saturated carbocycles. The van der Waals surface area contributed by atoms with Crippen molar-refractivity contribution in [3.63, 3.8) is 0 Å². The molecule has 0 radical (unpaired) electrons. The first kappa shape index (κ1) is 23.9. The van der Waals surface area contributed by atoms with Crippen LogP contribution in [0.4, 0.5) is 0 Å². The van der Waals surface area contributed by atoms with Crippen LogP contribution in [0.1, 0.15) is 128 Å². The van der Waals surface area contributed by atoms with Crippen molar-refractivity contribution in [2.24, 2.45) is 0 Å². The van der Waals surface area contributed by atoms with Crippen LogP contribution in [-0.2, 0) is 20.4 Å². The third kappa shape index (κ3) is 9.75. The van der Waals surface area contributed by atoms with Crippen molar-refractivity contribution >= 4 is 0 Å². The minimum Gasteiger partial charge on any atom is -0.311 e. The van der Waals surface area contributed by atoms with Gasteiger partial charge in [0.15, 0.2) is 0 Å². The predicted molar refractivity (Wildman–Crippen MR) is 114 cm³/mol. The molecule has 2 N–H and O–H groups in total. The fraction of sp³-hybridized carbons (Fsp3) is 1.00. The van der Waals surface area contributed by atoms with Gasteiger partial charge in [-0.15, -0.1) is 0 Å². The van der Waals surface area contributed by atoms with Gasteiger partial charge in [-0.1, -0.05) is 77.0 Å². The van der Waals surface area contributed by atoms with Gasteiger partial charge >= 0.3 is 0 Å². The molecule has 0 atom stereocenters. The smallest absolute Gasteiger partial charge is 0.00696 e. The zero-order valence-electron chi connectivity index (χ0n) is 17.8. The fourth-order valence-corrected chi connectivity index (χ4v) is 5.74. The van der Waals surface area contributed by atoms with Crippen molar-refractivity contribution in [2.75, 3.05) is 0 Å². The van der Waals surface area contributed by atoms with E-state index in [0.29, 0.717) is 0 Å². The summed E-state index contributed by atoms with van der Waals surface area (Å²) >= 11 is 0. The first-order chi connectivity index (χ1) is 12.9. The van der Waals surface area contributed by atoms with Crippen LogP contribution >= 0.6 is 0 Å². The quantitative estimate of drug-likeness (QED) is 0.461. The maximum absolute atomic E-state index is 3.86. The van der Waals surface area contributed by atoms with Crippen molar-refractivity contribution in [3.05, 3.63) is 0 Å². The fourth-order valence-electron chi connectivity index (χ4n) is 5.74. The molecule has 162 valence electrons. The summed E-state index contributed by atoms with van der Waals surface area (Å²) in [5.74, 6) is 0. The molecular weight excluding hydrogens is 423 g/mol. The Kier molecular flexibility index (Phi) is 12.9. The molecule has 0 spiro atoms. The Hall–Kier alpha value is 0.582. The van der Waals surface area contributed by atoms with Crippen LogP contribution in [0, 0.1) is 0 Å². The summed E-state index contributed by atoms with van der Waals surface area (Å²) in [5.41, 5.74) is 0. The average Bonchev–Trinajstić information content (AvgIpc) is 2.72. The molecule has 27 heavy (non-hydrogen) atoms. The van der Waals surface area contributed by atoms with Crippen LogP contribution in [-0.4, -0.2) is 24.2 Å². The van der Waals surface area contributed by atoms with E-state index >= 15 is 0 Å². The number of rotatable bonds is 4. The summed E-state index contributed by atoms with van der Waals surface area (Å²) in [5, 5.41) is 7.72. The molecule has 0 aromatic rings. The summed E-state index contributed by atoms with van der Waals surface area (Å²) < 4.78 is 0. The second-order valence-corrected chi connectivity index (χ2v) is 9.67. The van der Waals surface area contributed by atoms with Gasteiger partial charge in [-0.3, -0.25) is 0 Å². The Morgan fingerprint density at radius 3 is 0.667 bits per heavy atom. The van der Waals surface area contributed by atoms with E-state index in [4.69, 9.17) is 0 Å². The minimum atomic E-state index is 0. The molecule has 4 aliphatic rings. The normalized spacial score (nSPS) is 26.7. The molecule has 2 nitrogen and oxygen atoms in total. The summed E-state index contributed by atoms with van der Waals surface area (Å²) in [6, 6.07) is 3.49.